The molecule has 4 aromatic carbocycles. The quantitative estimate of drug-likeness (QED) is 0.270. The summed E-state index contributed by atoms with van der Waals surface area (Å²) in [6.07, 6.45) is 1.63. The molecule has 0 unspecified atom stereocenters. The van der Waals surface area contributed by atoms with E-state index in [0.717, 1.165) is 5.39 Å². The highest BCUT2D eigenvalue weighted by Crippen LogP contribution is 2.40. The Hall–Kier alpha value is -4.50. The van der Waals surface area contributed by atoms with Crippen LogP contribution in [0.15, 0.2) is 90.0 Å². The number of pyridine rings is 1. The number of nitrogens with one attached hydrogen (secondary N) is 1. The first-order valence-corrected chi connectivity index (χ1v) is 12.8. The maximum atomic E-state index is 13.2. The van der Waals surface area contributed by atoms with Gasteiger partial charge in [0, 0.05) is 29.1 Å². The highest BCUT2D eigenvalue weighted by atomic mass is 32.2. The first-order valence-electron chi connectivity index (χ1n) is 11.3. The molecule has 188 valence electrons. The van der Waals surface area contributed by atoms with Gasteiger partial charge in [-0.2, -0.15) is 0 Å². The first kappa shape index (κ1) is 24.2. The lowest BCUT2D eigenvalue weighted by Gasteiger charge is -2.15. The zero-order valence-corrected chi connectivity index (χ0v) is 21.2. The Labute approximate surface area is 214 Å². The van der Waals surface area contributed by atoms with Gasteiger partial charge in [-0.25, -0.2) is 8.42 Å². The fraction of sp³-hybridized carbons (Fsp3) is 0.107. The molecule has 8 nitrogen and oxygen atoms in total. The normalized spacial score (nSPS) is 11.3. The molecule has 1 N–H and O–H groups in total. The van der Waals surface area contributed by atoms with E-state index in [1.54, 1.807) is 75.0 Å². The van der Waals surface area contributed by atoms with E-state index in [9.17, 15) is 8.42 Å². The first-order chi connectivity index (χ1) is 17.9. The third kappa shape index (κ3) is 4.68. The van der Waals surface area contributed by atoms with E-state index in [4.69, 9.17) is 18.9 Å². The van der Waals surface area contributed by atoms with Crippen LogP contribution in [0.2, 0.25) is 0 Å². The lowest BCUT2D eigenvalue weighted by atomic mass is 10.1. The van der Waals surface area contributed by atoms with Crippen LogP contribution in [-0.2, 0) is 10.0 Å². The van der Waals surface area contributed by atoms with Crippen LogP contribution in [0, 0.1) is 0 Å². The molecule has 0 fully saturated rings. The zero-order valence-electron chi connectivity index (χ0n) is 20.4. The summed E-state index contributed by atoms with van der Waals surface area (Å²) in [6.45, 7) is 0. The van der Waals surface area contributed by atoms with E-state index in [2.05, 4.69) is 9.71 Å². The third-order valence-corrected chi connectivity index (χ3v) is 7.32. The number of aromatic nitrogens is 1. The van der Waals surface area contributed by atoms with E-state index in [0.29, 0.717) is 50.7 Å². The Balaban J connectivity index is 1.47. The SMILES string of the molecule is COc1cc2nccc(Oc3ccc(NS(=O)(=O)c4cccc5ccccc45)cc3OC)c2cc1OC. The number of anilines is 1. The number of fused-ring (bicyclic) bond motifs is 2. The van der Waals surface area contributed by atoms with Crippen molar-refractivity contribution in [3.63, 3.8) is 0 Å². The fourth-order valence-electron chi connectivity index (χ4n) is 4.11. The largest absolute Gasteiger partial charge is 0.493 e. The highest BCUT2D eigenvalue weighted by Gasteiger charge is 2.19. The molecule has 0 bridgehead atoms. The van der Waals surface area contributed by atoms with Gasteiger partial charge in [0.25, 0.3) is 10.0 Å². The monoisotopic (exact) mass is 516 g/mol. The molecule has 0 aliphatic carbocycles. The van der Waals surface area contributed by atoms with Gasteiger partial charge in [-0.15, -0.1) is 0 Å². The van der Waals surface area contributed by atoms with Crippen molar-refractivity contribution in [2.45, 2.75) is 4.90 Å². The number of hydrogen-bond acceptors (Lipinski definition) is 7. The van der Waals surface area contributed by atoms with E-state index >= 15 is 0 Å². The molecular weight excluding hydrogens is 492 g/mol. The molecule has 0 saturated heterocycles. The second-order valence-corrected chi connectivity index (χ2v) is 9.73. The van der Waals surface area contributed by atoms with Crippen molar-refractivity contribution in [3.05, 3.63) is 85.1 Å². The van der Waals surface area contributed by atoms with Gasteiger partial charge in [0.1, 0.15) is 5.75 Å². The molecule has 0 saturated carbocycles. The molecule has 0 aliphatic rings. The molecule has 1 heterocycles. The molecule has 37 heavy (non-hydrogen) atoms. The molecule has 0 spiro atoms. The van der Waals surface area contributed by atoms with Crippen LogP contribution in [0.3, 0.4) is 0 Å². The number of ether oxygens (including phenoxy) is 4. The van der Waals surface area contributed by atoms with Crippen LogP contribution >= 0.6 is 0 Å². The molecular formula is C28H24N2O6S. The lowest BCUT2D eigenvalue weighted by molar-refractivity contribution is 0.355. The van der Waals surface area contributed by atoms with Gasteiger partial charge < -0.3 is 18.9 Å². The summed E-state index contributed by atoms with van der Waals surface area (Å²) < 4.78 is 51.6. The van der Waals surface area contributed by atoms with E-state index in [-0.39, 0.29) is 4.90 Å². The summed E-state index contributed by atoms with van der Waals surface area (Å²) in [5, 5.41) is 2.19. The molecule has 1 aromatic heterocycles. The predicted octanol–water partition coefficient (Wildman–Crippen LogP) is 6.01. The van der Waals surface area contributed by atoms with Crippen molar-refractivity contribution in [1.29, 1.82) is 0 Å². The summed E-state index contributed by atoms with van der Waals surface area (Å²) in [5.74, 6) is 2.37. The smallest absolute Gasteiger partial charge is 0.262 e. The number of nitrogens with zero attached hydrogens (tertiary/aromatic N) is 1. The summed E-state index contributed by atoms with van der Waals surface area (Å²) in [7, 11) is 0.747. The Morgan fingerprint density at radius 3 is 2.16 bits per heavy atom. The fourth-order valence-corrected chi connectivity index (χ4v) is 5.39. The summed E-state index contributed by atoms with van der Waals surface area (Å²) >= 11 is 0. The highest BCUT2D eigenvalue weighted by molar-refractivity contribution is 7.93. The maximum Gasteiger partial charge on any atom is 0.262 e. The van der Waals surface area contributed by atoms with E-state index < -0.39 is 10.0 Å². The Bertz CT molecular complexity index is 1710. The van der Waals surface area contributed by atoms with Gasteiger partial charge in [0.2, 0.25) is 0 Å². The van der Waals surface area contributed by atoms with Gasteiger partial charge in [0.15, 0.2) is 23.0 Å². The van der Waals surface area contributed by atoms with Crippen molar-refractivity contribution in [1.82, 2.24) is 4.98 Å². The van der Waals surface area contributed by atoms with Crippen molar-refractivity contribution < 1.29 is 27.4 Å². The van der Waals surface area contributed by atoms with Gasteiger partial charge in [-0.3, -0.25) is 9.71 Å². The molecule has 0 atom stereocenters. The number of hydrogen-bond donors (Lipinski definition) is 1. The summed E-state index contributed by atoms with van der Waals surface area (Å²) in [4.78, 5) is 4.58. The Morgan fingerprint density at radius 2 is 1.38 bits per heavy atom. The minimum atomic E-state index is -3.86. The minimum absolute atomic E-state index is 0.192. The summed E-state index contributed by atoms with van der Waals surface area (Å²) in [6, 6.07) is 22.6. The zero-order chi connectivity index (χ0) is 26.0. The Kier molecular flexibility index (Phi) is 6.45. The lowest BCUT2D eigenvalue weighted by Crippen LogP contribution is -2.13. The minimum Gasteiger partial charge on any atom is -0.493 e. The second-order valence-electron chi connectivity index (χ2n) is 8.08. The Morgan fingerprint density at radius 1 is 0.676 bits per heavy atom. The molecule has 0 aliphatic heterocycles. The van der Waals surface area contributed by atoms with E-state index in [1.165, 1.54) is 7.11 Å². The van der Waals surface area contributed by atoms with Crippen molar-refractivity contribution in [2.75, 3.05) is 26.1 Å². The molecule has 0 radical (unpaired) electrons. The topological polar surface area (TPSA) is 96.0 Å². The molecule has 0 amide bonds. The third-order valence-electron chi connectivity index (χ3n) is 5.88. The van der Waals surface area contributed by atoms with Crippen molar-refractivity contribution in [2.24, 2.45) is 0 Å². The second kappa shape index (κ2) is 9.87. The standard InChI is InChI=1S/C28H24N2O6S/c1-33-25-15-19(30-37(31,32)28-10-6-8-18-7-4-5-9-20(18)28)11-12-24(25)36-23-13-14-29-22-17-27(35-3)26(34-2)16-21(22)23/h4-17,30H,1-3H3. The van der Waals surface area contributed by atoms with Crippen LogP contribution in [0.25, 0.3) is 21.7 Å². The van der Waals surface area contributed by atoms with Crippen LogP contribution < -0.4 is 23.7 Å². The van der Waals surface area contributed by atoms with Crippen LogP contribution in [0.5, 0.6) is 28.7 Å². The average molecular weight is 517 g/mol. The van der Waals surface area contributed by atoms with Gasteiger partial charge in [-0.1, -0.05) is 36.4 Å². The van der Waals surface area contributed by atoms with E-state index in [1.807, 2.05) is 24.3 Å². The number of benzene rings is 4. The maximum absolute atomic E-state index is 13.2. The van der Waals surface area contributed by atoms with Crippen LogP contribution in [0.1, 0.15) is 0 Å². The van der Waals surface area contributed by atoms with Gasteiger partial charge >= 0.3 is 0 Å². The van der Waals surface area contributed by atoms with Gasteiger partial charge in [0.05, 0.1) is 37.4 Å². The van der Waals surface area contributed by atoms with Crippen molar-refractivity contribution >= 4 is 37.4 Å². The van der Waals surface area contributed by atoms with Crippen LogP contribution in [0.4, 0.5) is 5.69 Å². The molecule has 5 aromatic rings. The number of methoxy groups -OCH3 is 3. The molecule has 9 heteroatoms. The average Bonchev–Trinajstić information content (AvgIpc) is 2.92. The van der Waals surface area contributed by atoms with Gasteiger partial charge in [-0.05, 0) is 35.7 Å². The summed E-state index contributed by atoms with van der Waals surface area (Å²) in [5.41, 5.74) is 0.997. The van der Waals surface area contributed by atoms with Crippen LogP contribution in [-0.4, -0.2) is 34.7 Å². The number of rotatable bonds is 8. The molecule has 5 rings (SSSR count). The number of sulfonamides is 1. The van der Waals surface area contributed by atoms with Crippen molar-refractivity contribution in [3.8, 4) is 28.7 Å². The predicted molar refractivity (Wildman–Crippen MR) is 143 cm³/mol.